The van der Waals surface area contributed by atoms with E-state index in [2.05, 4.69) is 26.1 Å². The first-order valence-electron chi connectivity index (χ1n) is 8.11. The maximum absolute atomic E-state index is 5.51. The van der Waals surface area contributed by atoms with Gasteiger partial charge in [-0.15, -0.1) is 0 Å². The molecule has 0 aromatic rings. The van der Waals surface area contributed by atoms with Crippen LogP contribution in [0, 0.1) is 5.41 Å². The first-order valence-corrected chi connectivity index (χ1v) is 8.11. The monoisotopic (exact) mass is 305 g/mol. The van der Waals surface area contributed by atoms with Gasteiger partial charge < -0.3 is 24.3 Å². The van der Waals surface area contributed by atoms with Crippen LogP contribution < -0.4 is 5.32 Å². The Hall–Kier alpha value is -0.200. The van der Waals surface area contributed by atoms with Gasteiger partial charge >= 0.3 is 0 Å². The zero-order valence-corrected chi connectivity index (χ0v) is 14.4. The van der Waals surface area contributed by atoms with Gasteiger partial charge in [-0.1, -0.05) is 20.8 Å². The SMILES string of the molecule is CCC(C)(CC)CNCCOCCOCCOCCOC. The molecule has 0 aromatic heterocycles. The van der Waals surface area contributed by atoms with Crippen molar-refractivity contribution in [2.24, 2.45) is 5.41 Å². The van der Waals surface area contributed by atoms with Gasteiger partial charge in [-0.25, -0.2) is 0 Å². The Morgan fingerprint density at radius 1 is 0.762 bits per heavy atom. The summed E-state index contributed by atoms with van der Waals surface area (Å²) in [6, 6.07) is 0. The van der Waals surface area contributed by atoms with Gasteiger partial charge in [-0.2, -0.15) is 0 Å². The van der Waals surface area contributed by atoms with Crippen LogP contribution in [0.2, 0.25) is 0 Å². The van der Waals surface area contributed by atoms with E-state index >= 15 is 0 Å². The molecule has 0 heterocycles. The van der Waals surface area contributed by atoms with Crippen molar-refractivity contribution in [3.63, 3.8) is 0 Å². The van der Waals surface area contributed by atoms with Crippen molar-refractivity contribution in [2.45, 2.75) is 33.6 Å². The molecule has 0 aliphatic rings. The lowest BCUT2D eigenvalue weighted by atomic mass is 9.85. The first kappa shape index (κ1) is 20.8. The van der Waals surface area contributed by atoms with Gasteiger partial charge in [0.1, 0.15) is 0 Å². The lowest BCUT2D eigenvalue weighted by molar-refractivity contribution is 0.00394. The minimum Gasteiger partial charge on any atom is -0.382 e. The molecule has 0 fully saturated rings. The van der Waals surface area contributed by atoms with E-state index in [0.29, 0.717) is 45.1 Å². The van der Waals surface area contributed by atoms with Crippen LogP contribution in [-0.4, -0.2) is 66.4 Å². The molecule has 0 saturated heterocycles. The molecule has 5 heteroatoms. The highest BCUT2D eigenvalue weighted by molar-refractivity contribution is 4.73. The average molecular weight is 305 g/mol. The van der Waals surface area contributed by atoms with E-state index in [1.54, 1.807) is 7.11 Å². The van der Waals surface area contributed by atoms with Gasteiger partial charge in [0.25, 0.3) is 0 Å². The molecule has 21 heavy (non-hydrogen) atoms. The highest BCUT2D eigenvalue weighted by atomic mass is 16.6. The molecule has 128 valence electrons. The Balaban J connectivity index is 3.16. The molecule has 0 unspecified atom stereocenters. The fourth-order valence-corrected chi connectivity index (χ4v) is 1.72. The van der Waals surface area contributed by atoms with E-state index in [0.717, 1.165) is 19.7 Å². The van der Waals surface area contributed by atoms with Crippen molar-refractivity contribution in [3.8, 4) is 0 Å². The smallest absolute Gasteiger partial charge is 0.0701 e. The summed E-state index contributed by atoms with van der Waals surface area (Å²) in [5.74, 6) is 0. The Bertz CT molecular complexity index is 210. The van der Waals surface area contributed by atoms with E-state index in [1.165, 1.54) is 12.8 Å². The lowest BCUT2D eigenvalue weighted by Gasteiger charge is -2.26. The molecule has 0 bridgehead atoms. The van der Waals surface area contributed by atoms with Crippen molar-refractivity contribution in [2.75, 3.05) is 66.4 Å². The Labute approximate surface area is 130 Å². The van der Waals surface area contributed by atoms with Crippen molar-refractivity contribution >= 4 is 0 Å². The quantitative estimate of drug-likeness (QED) is 0.443. The molecular formula is C16H35NO4. The van der Waals surface area contributed by atoms with Crippen LogP contribution in [-0.2, 0) is 18.9 Å². The van der Waals surface area contributed by atoms with Crippen molar-refractivity contribution in [3.05, 3.63) is 0 Å². The van der Waals surface area contributed by atoms with Gasteiger partial charge in [0.15, 0.2) is 0 Å². The lowest BCUT2D eigenvalue weighted by Crippen LogP contribution is -2.33. The van der Waals surface area contributed by atoms with Gasteiger partial charge in [-0.05, 0) is 18.3 Å². The largest absolute Gasteiger partial charge is 0.382 e. The normalized spacial score (nSPS) is 12.0. The van der Waals surface area contributed by atoms with Crippen LogP contribution in [0.1, 0.15) is 33.6 Å². The Morgan fingerprint density at radius 2 is 1.24 bits per heavy atom. The van der Waals surface area contributed by atoms with Gasteiger partial charge in [0, 0.05) is 20.2 Å². The second-order valence-corrected chi connectivity index (χ2v) is 5.52. The third kappa shape index (κ3) is 13.2. The molecule has 0 radical (unpaired) electrons. The maximum Gasteiger partial charge on any atom is 0.0701 e. The van der Waals surface area contributed by atoms with Gasteiger partial charge in [0.2, 0.25) is 0 Å². The summed E-state index contributed by atoms with van der Waals surface area (Å²) >= 11 is 0. The second-order valence-electron chi connectivity index (χ2n) is 5.52. The molecule has 0 amide bonds. The standard InChI is InChI=1S/C16H35NO4/c1-5-16(3,6-2)15-17-7-8-19-11-12-21-14-13-20-10-9-18-4/h17H,5-15H2,1-4H3. The summed E-state index contributed by atoms with van der Waals surface area (Å²) in [6.45, 7) is 13.2. The van der Waals surface area contributed by atoms with Crippen LogP contribution in [0.4, 0.5) is 0 Å². The zero-order chi connectivity index (χ0) is 15.8. The molecule has 1 N–H and O–H groups in total. The predicted molar refractivity (Wildman–Crippen MR) is 85.9 cm³/mol. The highest BCUT2D eigenvalue weighted by Gasteiger charge is 2.18. The molecule has 0 aliphatic heterocycles. The van der Waals surface area contributed by atoms with Crippen molar-refractivity contribution < 1.29 is 18.9 Å². The summed E-state index contributed by atoms with van der Waals surface area (Å²) in [7, 11) is 1.66. The zero-order valence-electron chi connectivity index (χ0n) is 14.4. The number of ether oxygens (including phenoxy) is 4. The Kier molecular flexibility index (Phi) is 14.6. The van der Waals surface area contributed by atoms with Crippen LogP contribution in [0.15, 0.2) is 0 Å². The van der Waals surface area contributed by atoms with Gasteiger partial charge in [0.05, 0.1) is 46.2 Å². The van der Waals surface area contributed by atoms with E-state index in [4.69, 9.17) is 18.9 Å². The molecule has 0 aliphatic carbocycles. The van der Waals surface area contributed by atoms with E-state index in [1.807, 2.05) is 0 Å². The van der Waals surface area contributed by atoms with Gasteiger partial charge in [-0.3, -0.25) is 0 Å². The summed E-state index contributed by atoms with van der Waals surface area (Å²) in [5.41, 5.74) is 0.409. The number of hydrogen-bond donors (Lipinski definition) is 1. The van der Waals surface area contributed by atoms with Crippen LogP contribution in [0.3, 0.4) is 0 Å². The molecule has 0 spiro atoms. The summed E-state index contributed by atoms with van der Waals surface area (Å²) in [6.07, 6.45) is 2.41. The molecular weight excluding hydrogens is 270 g/mol. The molecule has 0 saturated carbocycles. The summed E-state index contributed by atoms with van der Waals surface area (Å²) in [4.78, 5) is 0. The highest BCUT2D eigenvalue weighted by Crippen LogP contribution is 2.23. The first-order chi connectivity index (χ1) is 10.2. The minimum atomic E-state index is 0.409. The van der Waals surface area contributed by atoms with E-state index in [9.17, 15) is 0 Å². The van der Waals surface area contributed by atoms with Crippen LogP contribution in [0.25, 0.3) is 0 Å². The maximum atomic E-state index is 5.51. The number of rotatable bonds is 16. The number of nitrogens with one attached hydrogen (secondary N) is 1. The fourth-order valence-electron chi connectivity index (χ4n) is 1.72. The Morgan fingerprint density at radius 3 is 1.71 bits per heavy atom. The topological polar surface area (TPSA) is 49.0 Å². The third-order valence-corrected chi connectivity index (χ3v) is 3.86. The van der Waals surface area contributed by atoms with Crippen LogP contribution in [0.5, 0.6) is 0 Å². The van der Waals surface area contributed by atoms with E-state index in [-0.39, 0.29) is 0 Å². The van der Waals surface area contributed by atoms with Crippen molar-refractivity contribution in [1.29, 1.82) is 0 Å². The minimum absolute atomic E-state index is 0.409. The second kappa shape index (κ2) is 14.7. The molecule has 5 nitrogen and oxygen atoms in total. The summed E-state index contributed by atoms with van der Waals surface area (Å²) in [5, 5.41) is 3.46. The third-order valence-electron chi connectivity index (χ3n) is 3.86. The van der Waals surface area contributed by atoms with E-state index < -0.39 is 0 Å². The molecule has 0 rings (SSSR count). The predicted octanol–water partition coefficient (Wildman–Crippen LogP) is 2.10. The summed E-state index contributed by atoms with van der Waals surface area (Å²) < 4.78 is 21.1. The molecule has 0 atom stereocenters. The number of hydrogen-bond acceptors (Lipinski definition) is 5. The van der Waals surface area contributed by atoms with Crippen LogP contribution >= 0.6 is 0 Å². The van der Waals surface area contributed by atoms with Crippen molar-refractivity contribution in [1.82, 2.24) is 5.32 Å². The molecule has 0 aromatic carbocycles. The number of methoxy groups -OCH3 is 1. The fraction of sp³-hybridized carbons (Fsp3) is 1.00. The average Bonchev–Trinajstić information content (AvgIpc) is 2.51.